The molecule has 7 heteroatoms. The van der Waals surface area contributed by atoms with E-state index in [2.05, 4.69) is 10.1 Å². The first-order valence-electron chi connectivity index (χ1n) is 9.65. The van der Waals surface area contributed by atoms with E-state index >= 15 is 0 Å². The van der Waals surface area contributed by atoms with Crippen LogP contribution in [0.1, 0.15) is 42.1 Å². The summed E-state index contributed by atoms with van der Waals surface area (Å²) in [7, 11) is 1.61. The van der Waals surface area contributed by atoms with Crippen molar-refractivity contribution in [2.75, 3.05) is 13.7 Å². The van der Waals surface area contributed by atoms with Crippen molar-refractivity contribution in [1.82, 2.24) is 15.0 Å². The Morgan fingerprint density at radius 1 is 1.21 bits per heavy atom. The molecular weight excluding hydrogens is 390 g/mol. The Hall–Kier alpha value is -2.86. The highest BCUT2D eigenvalue weighted by Crippen LogP contribution is 2.35. The van der Waals surface area contributed by atoms with Gasteiger partial charge in [-0.2, -0.15) is 4.98 Å². The second kappa shape index (κ2) is 8.66. The molecule has 4 rings (SSSR count). The first kappa shape index (κ1) is 19.5. The zero-order valence-corrected chi connectivity index (χ0v) is 16.9. The number of carbonyl (C=O) groups is 1. The Kier molecular flexibility index (Phi) is 5.81. The molecule has 0 radical (unpaired) electrons. The number of ether oxygens (including phenoxy) is 1. The lowest BCUT2D eigenvalue weighted by molar-refractivity contribution is -0.135. The van der Waals surface area contributed by atoms with Crippen LogP contribution in [-0.4, -0.2) is 34.6 Å². The Balaban J connectivity index is 1.58. The van der Waals surface area contributed by atoms with E-state index in [-0.39, 0.29) is 11.9 Å². The summed E-state index contributed by atoms with van der Waals surface area (Å²) in [6.45, 7) is 0.621. The summed E-state index contributed by atoms with van der Waals surface area (Å²) >= 11 is 6.51. The molecule has 0 unspecified atom stereocenters. The molecule has 1 amide bonds. The maximum atomic E-state index is 13.1. The van der Waals surface area contributed by atoms with E-state index in [1.54, 1.807) is 12.0 Å². The van der Waals surface area contributed by atoms with Gasteiger partial charge in [0.15, 0.2) is 0 Å². The number of halogens is 1. The normalized spacial score (nSPS) is 17.7. The monoisotopic (exact) mass is 411 g/mol. The fraction of sp³-hybridized carbons (Fsp3) is 0.318. The van der Waals surface area contributed by atoms with Crippen LogP contribution in [0.5, 0.6) is 5.75 Å². The van der Waals surface area contributed by atoms with Crippen LogP contribution < -0.4 is 4.74 Å². The highest BCUT2D eigenvalue weighted by molar-refractivity contribution is 6.30. The predicted molar refractivity (Wildman–Crippen MR) is 110 cm³/mol. The third-order valence-electron chi connectivity index (χ3n) is 5.15. The number of benzene rings is 2. The van der Waals surface area contributed by atoms with Crippen LogP contribution >= 0.6 is 11.6 Å². The van der Waals surface area contributed by atoms with Gasteiger partial charge < -0.3 is 14.2 Å². The lowest BCUT2D eigenvalue weighted by atomic mass is 10.0. The molecule has 0 N–H and O–H groups in total. The van der Waals surface area contributed by atoms with E-state index in [1.807, 2.05) is 54.6 Å². The molecule has 1 saturated heterocycles. The number of hydrogen-bond donors (Lipinski definition) is 0. The van der Waals surface area contributed by atoms with E-state index in [0.29, 0.717) is 18.3 Å². The molecule has 0 spiro atoms. The van der Waals surface area contributed by atoms with Gasteiger partial charge in [0, 0.05) is 12.1 Å². The van der Waals surface area contributed by atoms with Gasteiger partial charge in [-0.15, -0.1) is 11.6 Å². The van der Waals surface area contributed by atoms with Gasteiger partial charge in [0.05, 0.1) is 7.11 Å². The number of rotatable bonds is 5. The Morgan fingerprint density at radius 2 is 2.03 bits per heavy atom. The fourth-order valence-electron chi connectivity index (χ4n) is 3.61. The van der Waals surface area contributed by atoms with E-state index in [9.17, 15) is 4.79 Å². The average molecular weight is 412 g/mol. The molecule has 150 valence electrons. The Bertz CT molecular complexity index is 976. The third-order valence-corrected chi connectivity index (χ3v) is 5.59. The largest absolute Gasteiger partial charge is 0.497 e. The van der Waals surface area contributed by atoms with Gasteiger partial charge in [-0.1, -0.05) is 47.6 Å². The van der Waals surface area contributed by atoms with Gasteiger partial charge in [0.1, 0.15) is 17.2 Å². The van der Waals surface area contributed by atoms with E-state index in [1.165, 1.54) is 0 Å². The molecule has 1 aliphatic heterocycles. The summed E-state index contributed by atoms with van der Waals surface area (Å²) in [5.41, 5.74) is 1.58. The van der Waals surface area contributed by atoms with E-state index in [4.69, 9.17) is 20.9 Å². The quantitative estimate of drug-likeness (QED) is 0.565. The predicted octanol–water partition coefficient (Wildman–Crippen LogP) is 4.78. The van der Waals surface area contributed by atoms with Gasteiger partial charge in [-0.3, -0.25) is 4.79 Å². The van der Waals surface area contributed by atoms with Gasteiger partial charge in [-0.25, -0.2) is 0 Å². The van der Waals surface area contributed by atoms with Crippen LogP contribution in [0.15, 0.2) is 59.1 Å². The number of aromatic nitrogens is 2. The van der Waals surface area contributed by atoms with Crippen molar-refractivity contribution in [3.05, 3.63) is 66.1 Å². The van der Waals surface area contributed by atoms with Crippen molar-refractivity contribution in [2.45, 2.75) is 30.7 Å². The van der Waals surface area contributed by atoms with Gasteiger partial charge in [0.2, 0.25) is 17.6 Å². The smallest absolute Gasteiger partial charge is 0.249 e. The van der Waals surface area contributed by atoms with Crippen LogP contribution in [-0.2, 0) is 4.79 Å². The molecule has 29 heavy (non-hydrogen) atoms. The third kappa shape index (κ3) is 4.12. The molecule has 1 aromatic heterocycles. The molecular formula is C22H22ClN3O3. The van der Waals surface area contributed by atoms with Crippen LogP contribution in [0.25, 0.3) is 11.4 Å². The first-order valence-corrected chi connectivity index (χ1v) is 10.1. The molecule has 0 aliphatic carbocycles. The van der Waals surface area contributed by atoms with Gasteiger partial charge >= 0.3 is 0 Å². The molecule has 0 saturated carbocycles. The number of hydrogen-bond acceptors (Lipinski definition) is 5. The molecule has 0 bridgehead atoms. The minimum absolute atomic E-state index is 0.135. The van der Waals surface area contributed by atoms with Crippen LogP contribution in [0, 0.1) is 0 Å². The molecule has 2 aromatic carbocycles. The second-order valence-electron chi connectivity index (χ2n) is 7.00. The number of alkyl halides is 1. The lowest BCUT2D eigenvalue weighted by Gasteiger charge is -2.34. The SMILES string of the molecule is COc1cccc(-c2noc([C@H]3CCCCN3C(=O)[C@@H](Cl)c3ccccc3)n2)c1. The maximum Gasteiger partial charge on any atom is 0.249 e. The number of likely N-dealkylation sites (tertiary alicyclic amines) is 1. The lowest BCUT2D eigenvalue weighted by Crippen LogP contribution is -2.40. The Morgan fingerprint density at radius 3 is 2.83 bits per heavy atom. The molecule has 1 fully saturated rings. The summed E-state index contributed by atoms with van der Waals surface area (Å²) in [4.78, 5) is 19.5. The van der Waals surface area contributed by atoms with Crippen LogP contribution in [0.3, 0.4) is 0 Å². The molecule has 3 aromatic rings. The van der Waals surface area contributed by atoms with Crippen LogP contribution in [0.4, 0.5) is 0 Å². The topological polar surface area (TPSA) is 68.5 Å². The van der Waals surface area contributed by atoms with E-state index in [0.717, 1.165) is 36.1 Å². The second-order valence-corrected chi connectivity index (χ2v) is 7.44. The molecule has 2 atom stereocenters. The van der Waals surface area contributed by atoms with Crippen molar-refractivity contribution < 1.29 is 14.1 Å². The summed E-state index contributed by atoms with van der Waals surface area (Å²) in [5, 5.41) is 3.38. The number of carbonyl (C=O) groups excluding carboxylic acids is 1. The van der Waals surface area contributed by atoms with Crippen molar-refractivity contribution in [1.29, 1.82) is 0 Å². The van der Waals surface area contributed by atoms with Gasteiger partial charge in [-0.05, 0) is 37.0 Å². The summed E-state index contributed by atoms with van der Waals surface area (Å²) in [6.07, 6.45) is 2.69. The molecule has 2 heterocycles. The fourth-order valence-corrected chi connectivity index (χ4v) is 3.88. The number of nitrogens with zero attached hydrogens (tertiary/aromatic N) is 3. The summed E-state index contributed by atoms with van der Waals surface area (Å²) in [6, 6.07) is 16.6. The average Bonchev–Trinajstić information content (AvgIpc) is 3.29. The van der Waals surface area contributed by atoms with Crippen molar-refractivity contribution in [3.8, 4) is 17.1 Å². The summed E-state index contributed by atoms with van der Waals surface area (Å²) in [5.74, 6) is 1.50. The standard InChI is InChI=1S/C22H22ClN3O3/c1-28-17-11-7-10-16(14-17)20-24-21(29-25-20)18-12-5-6-13-26(18)22(27)19(23)15-8-3-2-4-9-15/h2-4,7-11,14,18-19H,5-6,12-13H2,1H3/t18-,19+/m1/s1. The minimum atomic E-state index is -0.738. The zero-order chi connectivity index (χ0) is 20.2. The van der Waals surface area contributed by atoms with Crippen molar-refractivity contribution in [3.63, 3.8) is 0 Å². The van der Waals surface area contributed by atoms with Crippen LogP contribution in [0.2, 0.25) is 0 Å². The van der Waals surface area contributed by atoms with E-state index < -0.39 is 5.38 Å². The highest BCUT2D eigenvalue weighted by Gasteiger charge is 2.35. The Labute approximate surface area is 174 Å². The number of methoxy groups -OCH3 is 1. The maximum absolute atomic E-state index is 13.1. The number of piperidine rings is 1. The first-order chi connectivity index (χ1) is 14.2. The van der Waals surface area contributed by atoms with Gasteiger partial charge in [0.25, 0.3) is 0 Å². The molecule has 1 aliphatic rings. The van der Waals surface area contributed by atoms with Crippen molar-refractivity contribution in [2.24, 2.45) is 0 Å². The summed E-state index contributed by atoms with van der Waals surface area (Å²) < 4.78 is 10.8. The molecule has 6 nitrogen and oxygen atoms in total. The highest BCUT2D eigenvalue weighted by atomic mass is 35.5. The van der Waals surface area contributed by atoms with Crippen molar-refractivity contribution >= 4 is 17.5 Å². The number of amides is 1. The minimum Gasteiger partial charge on any atom is -0.497 e. The zero-order valence-electron chi connectivity index (χ0n) is 16.1.